The van der Waals surface area contributed by atoms with Crippen molar-refractivity contribution < 1.29 is 0 Å². The maximum atomic E-state index is 4.07. The third-order valence-electron chi connectivity index (χ3n) is 2.84. The van der Waals surface area contributed by atoms with Gasteiger partial charge in [0, 0.05) is 29.0 Å². The fourth-order valence-corrected chi connectivity index (χ4v) is 3.32. The zero-order valence-electron chi connectivity index (χ0n) is 10.4. The Morgan fingerprint density at radius 2 is 1.79 bits per heavy atom. The molecule has 0 fully saturated rings. The van der Waals surface area contributed by atoms with E-state index in [0.717, 1.165) is 13.1 Å². The number of hydrogen-bond acceptors (Lipinski definition) is 4. The molecule has 0 aliphatic heterocycles. The van der Waals surface area contributed by atoms with Gasteiger partial charge in [-0.3, -0.25) is 4.98 Å². The van der Waals surface area contributed by atoms with Crippen LogP contribution in [-0.2, 0) is 13.1 Å². The topological polar surface area (TPSA) is 24.9 Å². The van der Waals surface area contributed by atoms with Crippen molar-refractivity contribution in [3.63, 3.8) is 0 Å². The number of rotatable bonds is 5. The molecule has 0 spiro atoms. The van der Waals surface area contributed by atoms with Crippen molar-refractivity contribution in [2.75, 3.05) is 0 Å². The zero-order chi connectivity index (χ0) is 12.9. The summed E-state index contributed by atoms with van der Waals surface area (Å²) in [5, 5.41) is 5.67. The molecule has 0 radical (unpaired) electrons. The van der Waals surface area contributed by atoms with Crippen molar-refractivity contribution in [1.29, 1.82) is 0 Å². The Hall–Kier alpha value is -1.49. The molecular weight excluding hydrogens is 272 g/mol. The predicted molar refractivity (Wildman–Crippen MR) is 82.4 cm³/mol. The van der Waals surface area contributed by atoms with Gasteiger partial charge in [-0.2, -0.15) is 0 Å². The van der Waals surface area contributed by atoms with E-state index < -0.39 is 0 Å². The number of nitrogens with one attached hydrogen (secondary N) is 1. The van der Waals surface area contributed by atoms with E-state index in [1.807, 2.05) is 17.8 Å². The number of benzene rings is 1. The monoisotopic (exact) mass is 286 g/mol. The number of hydrogen-bond donors (Lipinski definition) is 1. The molecule has 2 aromatic heterocycles. The van der Waals surface area contributed by atoms with Gasteiger partial charge in [0.05, 0.1) is 5.51 Å². The average molecular weight is 286 g/mol. The maximum absolute atomic E-state index is 4.07. The van der Waals surface area contributed by atoms with Crippen LogP contribution in [0.3, 0.4) is 0 Å². The molecule has 2 heterocycles. The van der Waals surface area contributed by atoms with Gasteiger partial charge in [0.25, 0.3) is 0 Å². The SMILES string of the molecule is c1ccc(-c2csc(CNCc3cncs3)c2)cc1. The second kappa shape index (κ2) is 6.10. The van der Waals surface area contributed by atoms with Gasteiger partial charge in [-0.25, -0.2) is 0 Å². The lowest BCUT2D eigenvalue weighted by Gasteiger charge is -1.99. The summed E-state index contributed by atoms with van der Waals surface area (Å²) < 4.78 is 0. The van der Waals surface area contributed by atoms with Crippen LogP contribution in [0.25, 0.3) is 11.1 Å². The molecule has 0 aliphatic rings. The van der Waals surface area contributed by atoms with Crippen LogP contribution in [0.4, 0.5) is 0 Å². The Kier molecular flexibility index (Phi) is 4.03. The van der Waals surface area contributed by atoms with Gasteiger partial charge < -0.3 is 5.32 Å². The Morgan fingerprint density at radius 3 is 2.58 bits per heavy atom. The Labute approximate surface area is 120 Å². The summed E-state index contributed by atoms with van der Waals surface area (Å²) >= 11 is 3.50. The summed E-state index contributed by atoms with van der Waals surface area (Å²) in [4.78, 5) is 6.71. The Morgan fingerprint density at radius 1 is 0.947 bits per heavy atom. The molecule has 3 aromatic rings. The molecule has 2 nitrogen and oxygen atoms in total. The summed E-state index contributed by atoms with van der Waals surface area (Å²) in [7, 11) is 0. The van der Waals surface area contributed by atoms with E-state index in [1.54, 1.807) is 22.7 Å². The molecule has 0 bridgehead atoms. The first-order chi connectivity index (χ1) is 9.42. The third kappa shape index (κ3) is 3.29. The van der Waals surface area contributed by atoms with Crippen molar-refractivity contribution in [2.24, 2.45) is 0 Å². The molecule has 0 aliphatic carbocycles. The van der Waals surface area contributed by atoms with Crippen LogP contribution in [0.1, 0.15) is 9.75 Å². The molecule has 96 valence electrons. The highest BCUT2D eigenvalue weighted by atomic mass is 32.1. The van der Waals surface area contributed by atoms with Gasteiger partial charge >= 0.3 is 0 Å². The van der Waals surface area contributed by atoms with E-state index in [2.05, 4.69) is 46.0 Å². The Bertz CT molecular complexity index is 615. The summed E-state index contributed by atoms with van der Waals surface area (Å²) in [6.07, 6.45) is 1.92. The Balaban J connectivity index is 1.59. The minimum Gasteiger partial charge on any atom is -0.307 e. The van der Waals surface area contributed by atoms with Crippen LogP contribution < -0.4 is 5.32 Å². The number of thiazole rings is 1. The average Bonchev–Trinajstić information content (AvgIpc) is 3.11. The molecule has 1 N–H and O–H groups in total. The second-order valence-electron chi connectivity index (χ2n) is 4.24. The zero-order valence-corrected chi connectivity index (χ0v) is 12.0. The lowest BCUT2D eigenvalue weighted by Crippen LogP contribution is -2.10. The first-order valence-electron chi connectivity index (χ1n) is 6.13. The molecule has 0 saturated heterocycles. The number of nitrogens with zero attached hydrogens (tertiary/aromatic N) is 1. The van der Waals surface area contributed by atoms with E-state index in [0.29, 0.717) is 0 Å². The molecule has 4 heteroatoms. The first kappa shape index (κ1) is 12.5. The molecular formula is C15H14N2S2. The van der Waals surface area contributed by atoms with Crippen molar-refractivity contribution in [3.05, 3.63) is 63.2 Å². The van der Waals surface area contributed by atoms with Crippen LogP contribution in [0.2, 0.25) is 0 Å². The van der Waals surface area contributed by atoms with Gasteiger partial charge in [-0.05, 0) is 22.6 Å². The van der Waals surface area contributed by atoms with E-state index >= 15 is 0 Å². The standard InChI is InChI=1S/C15H14N2S2/c1-2-4-12(5-3-1)13-6-14(18-10-13)7-16-8-15-9-17-11-19-15/h1-6,9-11,16H,7-8H2. The lowest BCUT2D eigenvalue weighted by molar-refractivity contribution is 0.708. The molecule has 0 atom stereocenters. The third-order valence-corrected chi connectivity index (χ3v) is 4.56. The van der Waals surface area contributed by atoms with Gasteiger partial charge in [0.1, 0.15) is 0 Å². The normalized spacial score (nSPS) is 10.7. The lowest BCUT2D eigenvalue weighted by atomic mass is 10.1. The number of aromatic nitrogens is 1. The maximum Gasteiger partial charge on any atom is 0.0794 e. The smallest absolute Gasteiger partial charge is 0.0794 e. The predicted octanol–water partition coefficient (Wildman–Crippen LogP) is 4.16. The molecule has 1 aromatic carbocycles. The fourth-order valence-electron chi connectivity index (χ4n) is 1.89. The summed E-state index contributed by atoms with van der Waals surface area (Å²) in [5.74, 6) is 0. The molecule has 0 amide bonds. The largest absolute Gasteiger partial charge is 0.307 e. The summed E-state index contributed by atoms with van der Waals surface area (Å²) in [6.45, 7) is 1.80. The van der Waals surface area contributed by atoms with Gasteiger partial charge in [0.2, 0.25) is 0 Å². The highest BCUT2D eigenvalue weighted by Gasteiger charge is 2.02. The van der Waals surface area contributed by atoms with Crippen molar-refractivity contribution in [3.8, 4) is 11.1 Å². The second-order valence-corrected chi connectivity index (χ2v) is 6.21. The van der Waals surface area contributed by atoms with Gasteiger partial charge in [0.15, 0.2) is 0 Å². The number of thiophene rings is 1. The van der Waals surface area contributed by atoms with Crippen LogP contribution in [-0.4, -0.2) is 4.98 Å². The van der Waals surface area contributed by atoms with E-state index in [9.17, 15) is 0 Å². The minimum absolute atomic E-state index is 0.892. The fraction of sp³-hybridized carbons (Fsp3) is 0.133. The molecule has 3 rings (SSSR count). The molecule has 19 heavy (non-hydrogen) atoms. The highest BCUT2D eigenvalue weighted by Crippen LogP contribution is 2.25. The van der Waals surface area contributed by atoms with Gasteiger partial charge in [-0.1, -0.05) is 30.3 Å². The van der Waals surface area contributed by atoms with Crippen LogP contribution in [0, 0.1) is 0 Å². The van der Waals surface area contributed by atoms with E-state index in [1.165, 1.54) is 20.9 Å². The minimum atomic E-state index is 0.892. The summed E-state index contributed by atoms with van der Waals surface area (Å²) in [5.41, 5.74) is 4.46. The van der Waals surface area contributed by atoms with Crippen LogP contribution in [0.15, 0.2) is 53.5 Å². The molecule has 0 unspecified atom stereocenters. The van der Waals surface area contributed by atoms with Crippen molar-refractivity contribution >= 4 is 22.7 Å². The van der Waals surface area contributed by atoms with E-state index in [-0.39, 0.29) is 0 Å². The quantitative estimate of drug-likeness (QED) is 0.761. The van der Waals surface area contributed by atoms with Crippen LogP contribution in [0.5, 0.6) is 0 Å². The van der Waals surface area contributed by atoms with Crippen molar-refractivity contribution in [2.45, 2.75) is 13.1 Å². The van der Waals surface area contributed by atoms with E-state index in [4.69, 9.17) is 0 Å². The summed E-state index contributed by atoms with van der Waals surface area (Å²) in [6, 6.07) is 12.8. The molecule has 0 saturated carbocycles. The van der Waals surface area contributed by atoms with Gasteiger partial charge in [-0.15, -0.1) is 22.7 Å². The van der Waals surface area contributed by atoms with Crippen molar-refractivity contribution in [1.82, 2.24) is 10.3 Å². The van der Waals surface area contributed by atoms with Crippen LogP contribution >= 0.6 is 22.7 Å². The highest BCUT2D eigenvalue weighted by molar-refractivity contribution is 7.10. The first-order valence-corrected chi connectivity index (χ1v) is 7.88.